The van der Waals surface area contributed by atoms with E-state index in [1.54, 1.807) is 4.52 Å². The van der Waals surface area contributed by atoms with Crippen molar-refractivity contribution in [3.05, 3.63) is 17.8 Å². The van der Waals surface area contributed by atoms with Gasteiger partial charge in [0.1, 0.15) is 11.8 Å². The monoisotopic (exact) mass is 306 g/mol. The summed E-state index contributed by atoms with van der Waals surface area (Å²) < 4.78 is 7.21. The molecule has 21 heavy (non-hydrogen) atoms. The van der Waals surface area contributed by atoms with Crippen LogP contribution in [0.4, 0.5) is 0 Å². The van der Waals surface area contributed by atoms with Crippen LogP contribution in [0.2, 0.25) is 0 Å². The van der Waals surface area contributed by atoms with Crippen LogP contribution in [0, 0.1) is 0 Å². The molecular weight excluding hydrogens is 296 g/mol. The fraction of sp³-hybridized carbons (Fsp3) is 0.364. The van der Waals surface area contributed by atoms with Gasteiger partial charge in [-0.1, -0.05) is 11.3 Å². The Morgan fingerprint density at radius 1 is 1.52 bits per heavy atom. The highest BCUT2D eigenvalue weighted by Crippen LogP contribution is 2.31. The molecular formula is C11H10N6O3S. The molecule has 1 aliphatic rings. The van der Waals surface area contributed by atoms with Gasteiger partial charge in [0.05, 0.1) is 6.33 Å². The highest BCUT2D eigenvalue weighted by Gasteiger charge is 2.26. The van der Waals surface area contributed by atoms with Crippen molar-refractivity contribution in [2.24, 2.45) is 0 Å². The Kier molecular flexibility index (Phi) is 2.72. The molecule has 0 amide bonds. The lowest BCUT2D eigenvalue weighted by molar-refractivity contribution is 0.0692. The number of carboxylic acid groups (broad SMARTS) is 1. The summed E-state index contributed by atoms with van der Waals surface area (Å²) in [5, 5.41) is 22.2. The number of aromatic carboxylic acids is 1. The number of hydrogen-bond acceptors (Lipinski definition) is 7. The minimum atomic E-state index is -1.10. The predicted octanol–water partition coefficient (Wildman–Crippen LogP) is 1.13. The maximum atomic E-state index is 11.1. The SMILES string of the molecule is O=C(O)c1nc[nH]c1-c1nn2c(C3CCCO3)nnc2s1. The van der Waals surface area contributed by atoms with Crippen LogP contribution in [-0.2, 0) is 4.74 Å². The number of fused-ring (bicyclic) bond motifs is 1. The minimum Gasteiger partial charge on any atom is -0.476 e. The number of aromatic amines is 1. The van der Waals surface area contributed by atoms with E-state index >= 15 is 0 Å². The van der Waals surface area contributed by atoms with Crippen molar-refractivity contribution in [3.63, 3.8) is 0 Å². The summed E-state index contributed by atoms with van der Waals surface area (Å²) >= 11 is 1.25. The molecule has 0 radical (unpaired) electrons. The first kappa shape index (κ1) is 12.4. The van der Waals surface area contributed by atoms with Gasteiger partial charge in [0.25, 0.3) is 0 Å². The van der Waals surface area contributed by atoms with E-state index < -0.39 is 5.97 Å². The standard InChI is InChI=1S/C11H10N6O3S/c18-10(19)7-6(12-4-13-7)9-16-17-8(5-2-1-3-20-5)14-15-11(17)21-9/h4-5H,1-3H2,(H,12,13)(H,18,19). The summed E-state index contributed by atoms with van der Waals surface area (Å²) in [6, 6.07) is 0. The highest BCUT2D eigenvalue weighted by molar-refractivity contribution is 7.19. The second-order valence-corrected chi connectivity index (χ2v) is 5.55. The quantitative estimate of drug-likeness (QED) is 0.744. The Balaban J connectivity index is 1.80. The molecule has 108 valence electrons. The Bertz CT molecular complexity index is 815. The highest BCUT2D eigenvalue weighted by atomic mass is 32.1. The topological polar surface area (TPSA) is 118 Å². The third-order valence-electron chi connectivity index (χ3n) is 3.29. The minimum absolute atomic E-state index is 0.0568. The first-order valence-electron chi connectivity index (χ1n) is 6.35. The number of nitrogens with one attached hydrogen (secondary N) is 1. The van der Waals surface area contributed by atoms with Crippen molar-refractivity contribution in [3.8, 4) is 10.7 Å². The molecule has 1 atom stereocenters. The van der Waals surface area contributed by atoms with Crippen LogP contribution < -0.4 is 0 Å². The third-order valence-corrected chi connectivity index (χ3v) is 4.20. The molecule has 0 saturated carbocycles. The van der Waals surface area contributed by atoms with E-state index in [1.807, 2.05) is 0 Å². The Morgan fingerprint density at radius 3 is 3.19 bits per heavy atom. The average molecular weight is 306 g/mol. The van der Waals surface area contributed by atoms with Crippen molar-refractivity contribution in [2.45, 2.75) is 18.9 Å². The molecule has 0 bridgehead atoms. The lowest BCUT2D eigenvalue weighted by Crippen LogP contribution is -2.04. The molecule has 9 nitrogen and oxygen atoms in total. The molecule has 2 N–H and O–H groups in total. The van der Waals surface area contributed by atoms with Crippen LogP contribution in [0.1, 0.15) is 35.3 Å². The number of carbonyl (C=O) groups is 1. The first-order valence-corrected chi connectivity index (χ1v) is 7.16. The largest absolute Gasteiger partial charge is 0.476 e. The summed E-state index contributed by atoms with van der Waals surface area (Å²) in [4.78, 5) is 18.3. The Hall–Kier alpha value is -2.33. The normalized spacial score (nSPS) is 18.6. The van der Waals surface area contributed by atoms with E-state index in [4.69, 9.17) is 9.84 Å². The van der Waals surface area contributed by atoms with Gasteiger partial charge in [-0.25, -0.2) is 9.78 Å². The molecule has 1 aliphatic heterocycles. The number of H-pyrrole nitrogens is 1. The number of nitrogens with zero attached hydrogens (tertiary/aromatic N) is 5. The van der Waals surface area contributed by atoms with Crippen LogP contribution in [-0.4, -0.2) is 47.5 Å². The number of aromatic nitrogens is 6. The van der Waals surface area contributed by atoms with E-state index in [2.05, 4.69) is 25.3 Å². The first-order chi connectivity index (χ1) is 10.2. The maximum Gasteiger partial charge on any atom is 0.356 e. The second kappa shape index (κ2) is 4.60. The fourth-order valence-electron chi connectivity index (χ4n) is 2.33. The summed E-state index contributed by atoms with van der Waals surface area (Å²) in [7, 11) is 0. The van der Waals surface area contributed by atoms with Crippen LogP contribution in [0.25, 0.3) is 15.7 Å². The molecule has 4 heterocycles. The van der Waals surface area contributed by atoms with Crippen molar-refractivity contribution >= 4 is 22.3 Å². The fourth-order valence-corrected chi connectivity index (χ4v) is 3.19. The molecule has 1 unspecified atom stereocenters. The summed E-state index contributed by atoms with van der Waals surface area (Å²) in [5.74, 6) is -0.446. The van der Waals surface area contributed by atoms with Crippen LogP contribution in [0.5, 0.6) is 0 Å². The molecule has 3 aromatic rings. The van der Waals surface area contributed by atoms with Gasteiger partial charge in [-0.05, 0) is 12.8 Å². The van der Waals surface area contributed by atoms with Crippen LogP contribution in [0.15, 0.2) is 6.33 Å². The van der Waals surface area contributed by atoms with Gasteiger partial charge in [0.15, 0.2) is 16.5 Å². The van der Waals surface area contributed by atoms with Gasteiger partial charge in [-0.3, -0.25) is 0 Å². The van der Waals surface area contributed by atoms with Gasteiger partial charge in [0.2, 0.25) is 4.96 Å². The predicted molar refractivity (Wildman–Crippen MR) is 71.1 cm³/mol. The number of ether oxygens (including phenoxy) is 1. The molecule has 0 aromatic carbocycles. The molecule has 1 fully saturated rings. The summed E-state index contributed by atoms with van der Waals surface area (Å²) in [6.45, 7) is 0.709. The molecule has 10 heteroatoms. The number of carboxylic acids is 1. The van der Waals surface area contributed by atoms with E-state index in [1.165, 1.54) is 17.7 Å². The van der Waals surface area contributed by atoms with Gasteiger partial charge < -0.3 is 14.8 Å². The molecule has 3 aromatic heterocycles. The average Bonchev–Trinajstić information content (AvgIpc) is 3.21. The van der Waals surface area contributed by atoms with E-state index in [0.29, 0.717) is 28.1 Å². The maximum absolute atomic E-state index is 11.1. The molecule has 0 spiro atoms. The van der Waals surface area contributed by atoms with Gasteiger partial charge in [-0.15, -0.1) is 10.2 Å². The third kappa shape index (κ3) is 1.91. The number of rotatable bonds is 3. The molecule has 1 saturated heterocycles. The molecule has 4 rings (SSSR count). The zero-order chi connectivity index (χ0) is 14.4. The van der Waals surface area contributed by atoms with Crippen molar-refractivity contribution in [1.82, 2.24) is 29.8 Å². The second-order valence-electron chi connectivity index (χ2n) is 4.59. The van der Waals surface area contributed by atoms with Crippen molar-refractivity contribution in [1.29, 1.82) is 0 Å². The molecule has 0 aliphatic carbocycles. The van der Waals surface area contributed by atoms with Crippen molar-refractivity contribution in [2.75, 3.05) is 6.61 Å². The zero-order valence-corrected chi connectivity index (χ0v) is 11.5. The Morgan fingerprint density at radius 2 is 2.43 bits per heavy atom. The van der Waals surface area contributed by atoms with Gasteiger partial charge in [0, 0.05) is 6.61 Å². The van der Waals surface area contributed by atoms with Gasteiger partial charge >= 0.3 is 5.97 Å². The van der Waals surface area contributed by atoms with Gasteiger partial charge in [-0.2, -0.15) is 9.61 Å². The number of imidazole rings is 1. The lowest BCUT2D eigenvalue weighted by atomic mass is 10.2. The van der Waals surface area contributed by atoms with Crippen molar-refractivity contribution < 1.29 is 14.6 Å². The van der Waals surface area contributed by atoms with Crippen LogP contribution in [0.3, 0.4) is 0 Å². The summed E-state index contributed by atoms with van der Waals surface area (Å²) in [6.07, 6.45) is 3.11. The van der Waals surface area contributed by atoms with E-state index in [-0.39, 0.29) is 11.8 Å². The number of hydrogen-bond donors (Lipinski definition) is 2. The van der Waals surface area contributed by atoms with E-state index in [0.717, 1.165) is 12.8 Å². The smallest absolute Gasteiger partial charge is 0.356 e. The van der Waals surface area contributed by atoms with E-state index in [9.17, 15) is 4.79 Å². The lowest BCUT2D eigenvalue weighted by Gasteiger charge is -2.04. The Labute approximate surface area is 121 Å². The zero-order valence-electron chi connectivity index (χ0n) is 10.7. The van der Waals surface area contributed by atoms with Crippen LogP contribution >= 0.6 is 11.3 Å². The summed E-state index contributed by atoms with van der Waals surface area (Å²) in [5.41, 5.74) is 0.315.